The molecule has 0 atom stereocenters. The fourth-order valence-electron chi connectivity index (χ4n) is 1.62. The maximum atomic E-state index is 6.18. The molecule has 2 aromatic rings. The van der Waals surface area contributed by atoms with Crippen molar-refractivity contribution in [1.29, 1.82) is 0 Å². The minimum Gasteiger partial charge on any atom is -0.362 e. The lowest BCUT2D eigenvalue weighted by atomic mass is 9.95. The Morgan fingerprint density at radius 2 is 2.00 bits per heavy atom. The van der Waals surface area contributed by atoms with Gasteiger partial charge in [0.25, 0.3) is 0 Å². The summed E-state index contributed by atoms with van der Waals surface area (Å²) in [5.41, 5.74) is 0.674. The van der Waals surface area contributed by atoms with E-state index in [4.69, 9.17) is 11.6 Å². The Hall–Kier alpha value is -1.69. The maximum Gasteiger partial charge on any atom is 0.169 e. The lowest BCUT2D eigenvalue weighted by molar-refractivity contribution is 0.545. The fraction of sp³-hybridized carbons (Fsp3) is 0.538. The van der Waals surface area contributed by atoms with Crippen molar-refractivity contribution in [2.75, 3.05) is 5.32 Å². The number of halogens is 1. The largest absolute Gasteiger partial charge is 0.362 e. The Labute approximate surface area is 123 Å². The van der Waals surface area contributed by atoms with Gasteiger partial charge in [-0.3, -0.25) is 4.68 Å². The summed E-state index contributed by atoms with van der Waals surface area (Å²) in [6.45, 7) is 8.55. The van der Waals surface area contributed by atoms with Crippen LogP contribution in [0.2, 0.25) is 5.15 Å². The van der Waals surface area contributed by atoms with Gasteiger partial charge in [0, 0.05) is 18.0 Å². The topological polar surface area (TPSA) is 68.5 Å². The molecule has 0 spiro atoms. The van der Waals surface area contributed by atoms with Crippen molar-refractivity contribution in [2.24, 2.45) is 7.05 Å². The predicted octanol–water partition coefficient (Wildman–Crippen LogP) is 2.48. The summed E-state index contributed by atoms with van der Waals surface area (Å²) in [4.78, 5) is 13.1. The number of nitrogens with one attached hydrogen (secondary N) is 1. The lowest BCUT2D eigenvalue weighted by Gasteiger charge is -2.19. The minimum absolute atomic E-state index is 0.156. The molecule has 6 nitrogen and oxygen atoms in total. The molecule has 2 aromatic heterocycles. The minimum atomic E-state index is -0.156. The lowest BCUT2D eigenvalue weighted by Crippen LogP contribution is -2.18. The normalized spacial score (nSPS) is 11.7. The number of hydrogen-bond acceptors (Lipinski definition) is 5. The molecular formula is C13H19ClN6. The van der Waals surface area contributed by atoms with E-state index >= 15 is 0 Å². The van der Waals surface area contributed by atoms with Crippen molar-refractivity contribution < 1.29 is 0 Å². The van der Waals surface area contributed by atoms with Gasteiger partial charge in [-0.05, 0) is 6.92 Å². The van der Waals surface area contributed by atoms with E-state index in [0.29, 0.717) is 23.3 Å². The summed E-state index contributed by atoms with van der Waals surface area (Å²) in [5.74, 6) is 2.14. The summed E-state index contributed by atoms with van der Waals surface area (Å²) in [7, 11) is 1.83. The third-order valence-electron chi connectivity index (χ3n) is 2.82. The molecule has 0 aliphatic rings. The predicted molar refractivity (Wildman–Crippen MR) is 78.8 cm³/mol. The van der Waals surface area contributed by atoms with Crippen molar-refractivity contribution in [1.82, 2.24) is 24.7 Å². The molecule has 0 saturated heterocycles. The number of nitrogens with zero attached hydrogens (tertiary/aromatic N) is 5. The number of hydrogen-bond donors (Lipinski definition) is 1. The van der Waals surface area contributed by atoms with Crippen LogP contribution in [0.15, 0.2) is 6.33 Å². The van der Waals surface area contributed by atoms with E-state index in [-0.39, 0.29) is 5.41 Å². The molecule has 0 fully saturated rings. The Morgan fingerprint density at radius 1 is 1.30 bits per heavy atom. The van der Waals surface area contributed by atoms with E-state index in [1.165, 1.54) is 0 Å². The number of rotatable bonds is 3. The van der Waals surface area contributed by atoms with Crippen molar-refractivity contribution in [3.8, 4) is 0 Å². The van der Waals surface area contributed by atoms with E-state index in [1.807, 2.05) is 14.0 Å². The van der Waals surface area contributed by atoms with E-state index in [0.717, 1.165) is 11.4 Å². The van der Waals surface area contributed by atoms with E-state index in [2.05, 4.69) is 46.1 Å². The number of anilines is 1. The van der Waals surface area contributed by atoms with Crippen LogP contribution in [0.5, 0.6) is 0 Å². The molecular weight excluding hydrogens is 276 g/mol. The summed E-state index contributed by atoms with van der Waals surface area (Å²) in [6.07, 6.45) is 1.66. The van der Waals surface area contributed by atoms with Crippen LogP contribution in [0, 0.1) is 6.92 Å². The average molecular weight is 295 g/mol. The molecule has 0 amide bonds. The van der Waals surface area contributed by atoms with Gasteiger partial charge in [-0.1, -0.05) is 32.4 Å². The molecule has 2 heterocycles. The monoisotopic (exact) mass is 294 g/mol. The number of aromatic nitrogens is 5. The number of aryl methyl sites for hydroxylation is 1. The van der Waals surface area contributed by atoms with Crippen LogP contribution in [-0.4, -0.2) is 24.7 Å². The summed E-state index contributed by atoms with van der Waals surface area (Å²) < 4.78 is 1.66. The fourth-order valence-corrected chi connectivity index (χ4v) is 1.79. The second-order valence-corrected chi connectivity index (χ2v) is 6.11. The van der Waals surface area contributed by atoms with Crippen LogP contribution < -0.4 is 5.32 Å². The smallest absolute Gasteiger partial charge is 0.169 e. The van der Waals surface area contributed by atoms with Gasteiger partial charge in [-0.2, -0.15) is 5.10 Å². The Kier molecular flexibility index (Phi) is 3.94. The van der Waals surface area contributed by atoms with Gasteiger partial charge in [0.2, 0.25) is 0 Å². The van der Waals surface area contributed by atoms with Crippen molar-refractivity contribution in [2.45, 2.75) is 39.7 Å². The Balaban J connectivity index is 2.24. The first-order valence-corrected chi connectivity index (χ1v) is 6.78. The maximum absolute atomic E-state index is 6.18. The second-order valence-electron chi connectivity index (χ2n) is 5.75. The molecule has 0 aliphatic carbocycles. The Morgan fingerprint density at radius 3 is 2.55 bits per heavy atom. The molecule has 7 heteroatoms. The van der Waals surface area contributed by atoms with E-state index < -0.39 is 0 Å². The average Bonchev–Trinajstić information content (AvgIpc) is 2.75. The summed E-state index contributed by atoms with van der Waals surface area (Å²) in [5, 5.41) is 7.91. The zero-order chi connectivity index (χ0) is 14.9. The molecule has 20 heavy (non-hydrogen) atoms. The van der Waals surface area contributed by atoms with Gasteiger partial charge in [0.1, 0.15) is 23.1 Å². The molecule has 0 unspecified atom stereocenters. The molecule has 1 N–H and O–H groups in total. The zero-order valence-electron chi connectivity index (χ0n) is 12.4. The van der Waals surface area contributed by atoms with E-state index in [1.54, 1.807) is 11.0 Å². The third kappa shape index (κ3) is 3.25. The first-order valence-electron chi connectivity index (χ1n) is 6.40. The van der Waals surface area contributed by atoms with Gasteiger partial charge < -0.3 is 5.32 Å². The van der Waals surface area contributed by atoms with Crippen LogP contribution >= 0.6 is 11.6 Å². The van der Waals surface area contributed by atoms with Crippen molar-refractivity contribution >= 4 is 17.4 Å². The molecule has 0 aromatic carbocycles. The van der Waals surface area contributed by atoms with Crippen molar-refractivity contribution in [3.05, 3.63) is 28.7 Å². The highest BCUT2D eigenvalue weighted by molar-refractivity contribution is 6.30. The molecule has 0 saturated carbocycles. The SMILES string of the molecule is Cc1c(Cl)nc(C(C)(C)C)nc1NCc1ncn(C)n1. The Bertz CT molecular complexity index is 614. The van der Waals surface area contributed by atoms with Crippen molar-refractivity contribution in [3.63, 3.8) is 0 Å². The van der Waals surface area contributed by atoms with Gasteiger partial charge in [0.05, 0.1) is 6.54 Å². The second kappa shape index (κ2) is 5.36. The van der Waals surface area contributed by atoms with E-state index in [9.17, 15) is 0 Å². The van der Waals surface area contributed by atoms with Crippen LogP contribution in [0.4, 0.5) is 5.82 Å². The standard InChI is InChI=1S/C13H19ClN6/c1-8-10(14)17-12(13(2,3)4)18-11(8)15-6-9-16-7-20(5)19-9/h7H,6H2,1-5H3,(H,15,17,18). The van der Waals surface area contributed by atoms with Crippen LogP contribution in [0.1, 0.15) is 38.0 Å². The highest BCUT2D eigenvalue weighted by Crippen LogP contribution is 2.26. The van der Waals surface area contributed by atoms with Crippen LogP contribution in [0.3, 0.4) is 0 Å². The third-order valence-corrected chi connectivity index (χ3v) is 3.19. The first-order chi connectivity index (χ1) is 9.27. The molecule has 2 rings (SSSR count). The highest BCUT2D eigenvalue weighted by atomic mass is 35.5. The summed E-state index contributed by atoms with van der Waals surface area (Å²) in [6, 6.07) is 0. The van der Waals surface area contributed by atoms with Crippen LogP contribution in [0.25, 0.3) is 0 Å². The zero-order valence-corrected chi connectivity index (χ0v) is 13.2. The highest BCUT2D eigenvalue weighted by Gasteiger charge is 2.20. The molecule has 108 valence electrons. The van der Waals surface area contributed by atoms with Gasteiger partial charge >= 0.3 is 0 Å². The molecule has 0 aliphatic heterocycles. The van der Waals surface area contributed by atoms with Gasteiger partial charge in [-0.15, -0.1) is 0 Å². The summed E-state index contributed by atoms with van der Waals surface area (Å²) >= 11 is 6.18. The molecule has 0 bridgehead atoms. The van der Waals surface area contributed by atoms with Gasteiger partial charge in [-0.25, -0.2) is 15.0 Å². The first kappa shape index (κ1) is 14.7. The van der Waals surface area contributed by atoms with Gasteiger partial charge in [0.15, 0.2) is 5.82 Å². The molecule has 0 radical (unpaired) electrons. The van der Waals surface area contributed by atoms with Crippen LogP contribution in [-0.2, 0) is 19.0 Å². The quantitative estimate of drug-likeness (QED) is 0.881.